The molecule has 2 atom stereocenters. The first-order chi connectivity index (χ1) is 13.1. The number of benzene rings is 1. The second kappa shape index (κ2) is 6.17. The van der Waals surface area contributed by atoms with Crippen LogP contribution in [0.1, 0.15) is 24.0 Å². The summed E-state index contributed by atoms with van der Waals surface area (Å²) in [7, 11) is 0. The third-order valence-electron chi connectivity index (χ3n) is 6.72. The molecular formula is C21H24N2O4. The average Bonchev–Trinajstić information content (AvgIpc) is 3.05. The van der Waals surface area contributed by atoms with Crippen molar-refractivity contribution in [3.8, 4) is 0 Å². The lowest BCUT2D eigenvalue weighted by Crippen LogP contribution is -2.44. The number of aromatic nitrogens is 1. The van der Waals surface area contributed by atoms with Crippen LogP contribution < -0.4 is 5.56 Å². The number of carboxylic acids is 1. The van der Waals surface area contributed by atoms with Crippen molar-refractivity contribution in [1.82, 2.24) is 9.47 Å². The third kappa shape index (κ3) is 2.54. The van der Waals surface area contributed by atoms with Crippen LogP contribution in [-0.2, 0) is 29.0 Å². The normalized spacial score (nSPS) is 27.6. The predicted molar refractivity (Wildman–Crippen MR) is 101 cm³/mol. The fraction of sp³-hybridized carbons (Fsp3) is 0.524. The fourth-order valence-corrected chi connectivity index (χ4v) is 5.33. The molecule has 0 bridgehead atoms. The Labute approximate surface area is 157 Å². The minimum absolute atomic E-state index is 0.0184. The number of likely N-dealkylation sites (tertiary alicyclic amines) is 1. The zero-order chi connectivity index (χ0) is 18.6. The molecule has 0 amide bonds. The van der Waals surface area contributed by atoms with Gasteiger partial charge in [-0.25, -0.2) is 0 Å². The summed E-state index contributed by atoms with van der Waals surface area (Å²) in [5.74, 6) is -0.694. The molecule has 0 saturated carbocycles. The van der Waals surface area contributed by atoms with Crippen LogP contribution in [0.5, 0.6) is 0 Å². The van der Waals surface area contributed by atoms with E-state index < -0.39 is 11.4 Å². The van der Waals surface area contributed by atoms with Gasteiger partial charge in [-0.2, -0.15) is 0 Å². The van der Waals surface area contributed by atoms with Gasteiger partial charge in [0.2, 0.25) is 0 Å². The van der Waals surface area contributed by atoms with E-state index in [1.54, 1.807) is 6.07 Å². The van der Waals surface area contributed by atoms with Crippen LogP contribution >= 0.6 is 0 Å². The van der Waals surface area contributed by atoms with Crippen molar-refractivity contribution >= 4 is 16.9 Å². The number of carbonyl (C=O) groups is 1. The number of pyridine rings is 1. The molecule has 3 aliphatic rings. The van der Waals surface area contributed by atoms with E-state index >= 15 is 0 Å². The molecule has 27 heavy (non-hydrogen) atoms. The van der Waals surface area contributed by atoms with Gasteiger partial charge < -0.3 is 14.4 Å². The van der Waals surface area contributed by atoms with Gasteiger partial charge in [-0.15, -0.1) is 0 Å². The van der Waals surface area contributed by atoms with Gasteiger partial charge in [-0.05, 0) is 30.4 Å². The standard InChI is InChI=1S/C21H24N2O4/c24-18-9-15(17-5-1-3-14-4-2-7-23(18)19(14)17)10-22-11-16-12-27-8-6-21(16,13-22)20(25)26/h1,3,5,9,16H,2,4,6-8,10-13H2,(H,25,26)/t16-,21+/m1/s1. The molecule has 1 aromatic heterocycles. The Morgan fingerprint density at radius 1 is 1.37 bits per heavy atom. The monoisotopic (exact) mass is 368 g/mol. The number of para-hydroxylation sites is 1. The Morgan fingerprint density at radius 2 is 2.26 bits per heavy atom. The fourth-order valence-electron chi connectivity index (χ4n) is 5.33. The molecule has 1 aromatic carbocycles. The van der Waals surface area contributed by atoms with Crippen LogP contribution in [0.3, 0.4) is 0 Å². The van der Waals surface area contributed by atoms with Gasteiger partial charge in [-0.1, -0.05) is 18.2 Å². The van der Waals surface area contributed by atoms with Crippen LogP contribution in [0.4, 0.5) is 0 Å². The van der Waals surface area contributed by atoms with Gasteiger partial charge in [0.05, 0.1) is 17.5 Å². The van der Waals surface area contributed by atoms with Crippen LogP contribution in [0.2, 0.25) is 0 Å². The number of aryl methyl sites for hydroxylation is 2. The Kier molecular flexibility index (Phi) is 3.88. The molecule has 0 spiro atoms. The second-order valence-corrected chi connectivity index (χ2v) is 8.23. The van der Waals surface area contributed by atoms with Crippen molar-refractivity contribution < 1.29 is 14.6 Å². The molecule has 2 aromatic rings. The topological polar surface area (TPSA) is 71.8 Å². The summed E-state index contributed by atoms with van der Waals surface area (Å²) < 4.78 is 7.45. The maximum absolute atomic E-state index is 12.7. The average molecular weight is 368 g/mol. The van der Waals surface area contributed by atoms with E-state index in [4.69, 9.17) is 4.74 Å². The summed E-state index contributed by atoms with van der Waals surface area (Å²) in [6.45, 7) is 3.64. The Bertz CT molecular complexity index is 982. The first-order valence-electron chi connectivity index (χ1n) is 9.76. The molecule has 2 saturated heterocycles. The number of hydrogen-bond acceptors (Lipinski definition) is 4. The number of rotatable bonds is 3. The predicted octanol–water partition coefficient (Wildman–Crippen LogP) is 1.87. The highest BCUT2D eigenvalue weighted by Crippen LogP contribution is 2.43. The van der Waals surface area contributed by atoms with Gasteiger partial charge in [0.15, 0.2) is 0 Å². The van der Waals surface area contributed by atoms with Gasteiger partial charge in [0, 0.05) is 50.2 Å². The van der Waals surface area contributed by atoms with Gasteiger partial charge in [-0.3, -0.25) is 14.5 Å². The van der Waals surface area contributed by atoms with E-state index in [1.165, 1.54) is 5.56 Å². The minimum Gasteiger partial charge on any atom is -0.481 e. The van der Waals surface area contributed by atoms with Gasteiger partial charge >= 0.3 is 5.97 Å². The van der Waals surface area contributed by atoms with Crippen molar-refractivity contribution in [2.24, 2.45) is 11.3 Å². The van der Waals surface area contributed by atoms with Crippen molar-refractivity contribution in [2.45, 2.75) is 32.4 Å². The van der Waals surface area contributed by atoms with Gasteiger partial charge in [0.25, 0.3) is 5.56 Å². The van der Waals surface area contributed by atoms with E-state index in [1.807, 2.05) is 4.57 Å². The highest BCUT2D eigenvalue weighted by Gasteiger charge is 2.53. The molecule has 6 nitrogen and oxygen atoms in total. The zero-order valence-electron chi connectivity index (χ0n) is 15.3. The maximum Gasteiger partial charge on any atom is 0.311 e. The third-order valence-corrected chi connectivity index (χ3v) is 6.72. The summed E-state index contributed by atoms with van der Waals surface area (Å²) in [4.78, 5) is 26.9. The largest absolute Gasteiger partial charge is 0.481 e. The van der Waals surface area contributed by atoms with Crippen molar-refractivity contribution in [3.63, 3.8) is 0 Å². The van der Waals surface area contributed by atoms with Crippen LogP contribution in [0, 0.1) is 11.3 Å². The molecule has 0 radical (unpaired) electrons. The van der Waals surface area contributed by atoms with Crippen LogP contribution in [-0.4, -0.2) is 46.8 Å². The quantitative estimate of drug-likeness (QED) is 0.896. The number of hydrogen-bond donors (Lipinski definition) is 1. The van der Waals surface area contributed by atoms with Crippen molar-refractivity contribution in [1.29, 1.82) is 0 Å². The van der Waals surface area contributed by atoms with E-state index in [-0.39, 0.29) is 11.5 Å². The molecule has 142 valence electrons. The van der Waals surface area contributed by atoms with Crippen molar-refractivity contribution in [3.05, 3.63) is 45.7 Å². The lowest BCUT2D eigenvalue weighted by Gasteiger charge is -2.34. The number of aliphatic carboxylic acids is 1. The number of nitrogens with zero attached hydrogens (tertiary/aromatic N) is 2. The Hall–Kier alpha value is -2.18. The maximum atomic E-state index is 12.7. The molecule has 0 unspecified atom stereocenters. The SMILES string of the molecule is O=C(O)[C@]12CCOC[C@H]1CN(Cc1cc(=O)n3c4c(cccc14)CCC3)C2. The number of ether oxygens (including phenoxy) is 1. The summed E-state index contributed by atoms with van der Waals surface area (Å²) in [6, 6.07) is 8.03. The summed E-state index contributed by atoms with van der Waals surface area (Å²) >= 11 is 0. The second-order valence-electron chi connectivity index (χ2n) is 8.23. The Balaban J connectivity index is 1.52. The van der Waals surface area contributed by atoms with E-state index in [0.717, 1.165) is 35.9 Å². The van der Waals surface area contributed by atoms with Crippen LogP contribution in [0.25, 0.3) is 10.9 Å². The van der Waals surface area contributed by atoms with E-state index in [0.29, 0.717) is 39.3 Å². The first-order valence-corrected chi connectivity index (χ1v) is 9.76. The van der Waals surface area contributed by atoms with Crippen molar-refractivity contribution in [2.75, 3.05) is 26.3 Å². The number of fused-ring (bicyclic) bond motifs is 1. The molecule has 2 fully saturated rings. The lowest BCUT2D eigenvalue weighted by molar-refractivity contribution is -0.157. The van der Waals surface area contributed by atoms with E-state index in [2.05, 4.69) is 23.1 Å². The molecule has 6 heteroatoms. The molecule has 5 rings (SSSR count). The summed E-state index contributed by atoms with van der Waals surface area (Å²) in [6.07, 6.45) is 2.57. The molecule has 3 aliphatic heterocycles. The van der Waals surface area contributed by atoms with E-state index in [9.17, 15) is 14.7 Å². The highest BCUT2D eigenvalue weighted by molar-refractivity contribution is 5.86. The first kappa shape index (κ1) is 17.0. The smallest absolute Gasteiger partial charge is 0.311 e. The molecule has 0 aliphatic carbocycles. The number of carboxylic acid groups (broad SMARTS) is 1. The molecule has 1 N–H and O–H groups in total. The van der Waals surface area contributed by atoms with Gasteiger partial charge in [0.1, 0.15) is 0 Å². The zero-order valence-corrected chi connectivity index (χ0v) is 15.3. The highest BCUT2D eigenvalue weighted by atomic mass is 16.5. The molecule has 4 heterocycles. The summed E-state index contributed by atoms with van der Waals surface area (Å²) in [5.41, 5.74) is 2.66. The summed E-state index contributed by atoms with van der Waals surface area (Å²) in [5, 5.41) is 11.0. The Morgan fingerprint density at radius 3 is 3.07 bits per heavy atom. The molecular weight excluding hydrogens is 344 g/mol. The minimum atomic E-state index is -0.713. The van der Waals surface area contributed by atoms with Crippen LogP contribution in [0.15, 0.2) is 29.1 Å². The lowest BCUT2D eigenvalue weighted by atomic mass is 9.74.